The van der Waals surface area contributed by atoms with Crippen LogP contribution in [-0.4, -0.2) is 21.2 Å². The van der Waals surface area contributed by atoms with Crippen LogP contribution < -0.4 is 0 Å². The standard InChI is InChI=1S/C11H16O2S/c1-9-3-5-11(6-4-9)14(13)10(2)7-8-12/h3-6,10,12H,7-8H2,1-2H3/t10-,14?/m1/s1. The minimum atomic E-state index is -0.996. The van der Waals surface area contributed by atoms with E-state index in [1.165, 1.54) is 5.56 Å². The van der Waals surface area contributed by atoms with Crippen molar-refractivity contribution in [3.63, 3.8) is 0 Å². The molecule has 0 heterocycles. The van der Waals surface area contributed by atoms with Crippen molar-refractivity contribution < 1.29 is 9.32 Å². The van der Waals surface area contributed by atoms with Crippen LogP contribution in [0.2, 0.25) is 0 Å². The Balaban J connectivity index is 2.74. The Labute approximate surface area is 87.4 Å². The van der Waals surface area contributed by atoms with Gasteiger partial charge in [-0.1, -0.05) is 24.6 Å². The highest BCUT2D eigenvalue weighted by Gasteiger charge is 2.11. The van der Waals surface area contributed by atoms with Crippen molar-refractivity contribution in [2.45, 2.75) is 30.4 Å². The molecule has 1 aromatic rings. The number of hydrogen-bond donors (Lipinski definition) is 1. The maximum atomic E-state index is 11.8. The van der Waals surface area contributed by atoms with E-state index in [2.05, 4.69) is 0 Å². The molecular weight excluding hydrogens is 196 g/mol. The summed E-state index contributed by atoms with van der Waals surface area (Å²) in [6.07, 6.45) is 0.584. The maximum absolute atomic E-state index is 11.8. The van der Waals surface area contributed by atoms with Gasteiger partial charge in [0.25, 0.3) is 0 Å². The van der Waals surface area contributed by atoms with Crippen molar-refractivity contribution in [1.29, 1.82) is 0 Å². The maximum Gasteiger partial charge on any atom is 0.0558 e. The summed E-state index contributed by atoms with van der Waals surface area (Å²) in [6.45, 7) is 3.99. The third-order valence-electron chi connectivity index (χ3n) is 2.15. The lowest BCUT2D eigenvalue weighted by Gasteiger charge is -2.09. The van der Waals surface area contributed by atoms with Crippen LogP contribution in [0, 0.1) is 6.92 Å². The second-order valence-electron chi connectivity index (χ2n) is 3.43. The number of rotatable bonds is 4. The summed E-state index contributed by atoms with van der Waals surface area (Å²) >= 11 is 0. The summed E-state index contributed by atoms with van der Waals surface area (Å²) in [4.78, 5) is 0.844. The summed E-state index contributed by atoms with van der Waals surface area (Å²) in [7, 11) is -0.996. The molecule has 0 radical (unpaired) electrons. The lowest BCUT2D eigenvalue weighted by Crippen LogP contribution is -2.12. The molecule has 0 bridgehead atoms. The Hall–Kier alpha value is -0.670. The first-order valence-corrected chi connectivity index (χ1v) is 5.94. The Morgan fingerprint density at radius 2 is 1.93 bits per heavy atom. The van der Waals surface area contributed by atoms with Gasteiger partial charge in [0.2, 0.25) is 0 Å². The summed E-state index contributed by atoms with van der Waals surface area (Å²) in [5.41, 5.74) is 1.17. The van der Waals surface area contributed by atoms with Crippen LogP contribution in [0.15, 0.2) is 29.2 Å². The topological polar surface area (TPSA) is 37.3 Å². The fourth-order valence-corrected chi connectivity index (χ4v) is 2.38. The average Bonchev–Trinajstić information content (AvgIpc) is 2.18. The Morgan fingerprint density at radius 1 is 1.36 bits per heavy atom. The van der Waals surface area contributed by atoms with Crippen molar-refractivity contribution in [1.82, 2.24) is 0 Å². The first kappa shape index (κ1) is 11.4. The molecule has 0 aromatic heterocycles. The van der Waals surface area contributed by atoms with Gasteiger partial charge in [0.15, 0.2) is 0 Å². The molecule has 0 aliphatic carbocycles. The normalized spacial score (nSPS) is 15.1. The molecule has 0 saturated carbocycles. The van der Waals surface area contributed by atoms with E-state index in [-0.39, 0.29) is 11.9 Å². The number of aliphatic hydroxyl groups is 1. The molecular formula is C11H16O2S. The molecule has 3 heteroatoms. The van der Waals surface area contributed by atoms with Crippen LogP contribution in [0.5, 0.6) is 0 Å². The molecule has 0 spiro atoms. The van der Waals surface area contributed by atoms with Gasteiger partial charge >= 0.3 is 0 Å². The molecule has 0 amide bonds. The van der Waals surface area contributed by atoms with E-state index in [9.17, 15) is 4.21 Å². The zero-order valence-corrected chi connectivity index (χ0v) is 9.38. The van der Waals surface area contributed by atoms with Crippen molar-refractivity contribution in [2.24, 2.45) is 0 Å². The fraction of sp³-hybridized carbons (Fsp3) is 0.455. The van der Waals surface area contributed by atoms with E-state index in [0.29, 0.717) is 6.42 Å². The van der Waals surface area contributed by atoms with Crippen LogP contribution in [-0.2, 0) is 10.8 Å². The largest absolute Gasteiger partial charge is 0.396 e. The lowest BCUT2D eigenvalue weighted by molar-refractivity contribution is 0.288. The van der Waals surface area contributed by atoms with Crippen molar-refractivity contribution in [3.05, 3.63) is 29.8 Å². The molecule has 0 aliphatic heterocycles. The second kappa shape index (κ2) is 5.27. The van der Waals surface area contributed by atoms with Crippen molar-refractivity contribution >= 4 is 10.8 Å². The summed E-state index contributed by atoms with van der Waals surface area (Å²) in [5, 5.41) is 8.76. The molecule has 78 valence electrons. The van der Waals surface area contributed by atoms with Crippen LogP contribution in [0.25, 0.3) is 0 Å². The van der Waals surface area contributed by atoms with E-state index in [1.807, 2.05) is 38.1 Å². The van der Waals surface area contributed by atoms with Crippen LogP contribution in [0.4, 0.5) is 0 Å². The Morgan fingerprint density at radius 3 is 2.43 bits per heavy atom. The highest BCUT2D eigenvalue weighted by Crippen LogP contribution is 2.13. The predicted octanol–water partition coefficient (Wildman–Crippen LogP) is 1.87. The minimum Gasteiger partial charge on any atom is -0.396 e. The van der Waals surface area contributed by atoms with Crippen LogP contribution >= 0.6 is 0 Å². The second-order valence-corrected chi connectivity index (χ2v) is 5.30. The van der Waals surface area contributed by atoms with Gasteiger partial charge < -0.3 is 5.11 Å². The summed E-state index contributed by atoms with van der Waals surface area (Å²) < 4.78 is 11.8. The molecule has 1 N–H and O–H groups in total. The molecule has 0 aliphatic rings. The van der Waals surface area contributed by atoms with Gasteiger partial charge in [-0.25, -0.2) is 0 Å². The molecule has 0 saturated heterocycles. The zero-order chi connectivity index (χ0) is 10.6. The zero-order valence-electron chi connectivity index (χ0n) is 8.56. The monoisotopic (exact) mass is 212 g/mol. The van der Waals surface area contributed by atoms with E-state index in [1.54, 1.807) is 0 Å². The molecule has 0 fully saturated rings. The molecule has 2 atom stereocenters. The smallest absolute Gasteiger partial charge is 0.0558 e. The van der Waals surface area contributed by atoms with E-state index in [0.717, 1.165) is 4.90 Å². The number of aryl methyl sites for hydroxylation is 1. The highest BCUT2D eigenvalue weighted by molar-refractivity contribution is 7.85. The Kier molecular flexibility index (Phi) is 4.29. The van der Waals surface area contributed by atoms with Gasteiger partial charge in [-0.2, -0.15) is 0 Å². The van der Waals surface area contributed by atoms with Gasteiger partial charge in [0.05, 0.1) is 10.8 Å². The van der Waals surface area contributed by atoms with Crippen LogP contribution in [0.3, 0.4) is 0 Å². The minimum absolute atomic E-state index is 0.0164. The first-order chi connectivity index (χ1) is 6.65. The third-order valence-corrected chi connectivity index (χ3v) is 3.86. The molecule has 1 rings (SSSR count). The highest BCUT2D eigenvalue weighted by atomic mass is 32.2. The molecule has 1 aromatic carbocycles. The van der Waals surface area contributed by atoms with Gasteiger partial charge in [-0.05, 0) is 25.5 Å². The molecule has 2 nitrogen and oxygen atoms in total. The van der Waals surface area contributed by atoms with E-state index in [4.69, 9.17) is 5.11 Å². The SMILES string of the molecule is Cc1ccc(S(=O)[C@H](C)CCO)cc1. The molecule has 14 heavy (non-hydrogen) atoms. The Bertz CT molecular complexity index is 306. The first-order valence-electron chi connectivity index (χ1n) is 4.73. The summed E-state index contributed by atoms with van der Waals surface area (Å²) in [6, 6.07) is 7.69. The number of aliphatic hydroxyl groups excluding tert-OH is 1. The van der Waals surface area contributed by atoms with Gasteiger partial charge in [-0.3, -0.25) is 4.21 Å². The molecule has 1 unspecified atom stereocenters. The quantitative estimate of drug-likeness (QED) is 0.827. The summed E-state index contributed by atoms with van der Waals surface area (Å²) in [5.74, 6) is 0. The fourth-order valence-electron chi connectivity index (χ4n) is 1.19. The van der Waals surface area contributed by atoms with E-state index < -0.39 is 10.8 Å². The number of benzene rings is 1. The third kappa shape index (κ3) is 2.93. The number of hydrogen-bond acceptors (Lipinski definition) is 2. The van der Waals surface area contributed by atoms with Gasteiger partial charge in [0, 0.05) is 16.8 Å². The van der Waals surface area contributed by atoms with Crippen molar-refractivity contribution in [3.8, 4) is 0 Å². The average molecular weight is 212 g/mol. The van der Waals surface area contributed by atoms with Crippen molar-refractivity contribution in [2.75, 3.05) is 6.61 Å². The van der Waals surface area contributed by atoms with Gasteiger partial charge in [-0.15, -0.1) is 0 Å². The predicted molar refractivity (Wildman–Crippen MR) is 58.8 cm³/mol. The van der Waals surface area contributed by atoms with Gasteiger partial charge in [0.1, 0.15) is 0 Å². The van der Waals surface area contributed by atoms with Crippen LogP contribution in [0.1, 0.15) is 18.9 Å². The lowest BCUT2D eigenvalue weighted by atomic mass is 10.2. The van der Waals surface area contributed by atoms with E-state index >= 15 is 0 Å².